The molecule has 96 valence electrons. The molecule has 0 amide bonds. The van der Waals surface area contributed by atoms with Crippen LogP contribution < -0.4 is 5.73 Å². The van der Waals surface area contributed by atoms with Crippen LogP contribution >= 0.6 is 11.8 Å². The molecular formula is C14H19N3S. The van der Waals surface area contributed by atoms with Gasteiger partial charge in [-0.3, -0.25) is 0 Å². The Morgan fingerprint density at radius 3 is 2.50 bits per heavy atom. The van der Waals surface area contributed by atoms with E-state index in [-0.39, 0.29) is 0 Å². The lowest BCUT2D eigenvalue weighted by Crippen LogP contribution is -2.07. The van der Waals surface area contributed by atoms with E-state index in [1.807, 2.05) is 25.2 Å². The van der Waals surface area contributed by atoms with Gasteiger partial charge in [-0.25, -0.2) is 4.98 Å². The summed E-state index contributed by atoms with van der Waals surface area (Å²) in [6, 6.07) is 10.3. The van der Waals surface area contributed by atoms with E-state index in [9.17, 15) is 0 Å². The Morgan fingerprint density at radius 2 is 1.94 bits per heavy atom. The van der Waals surface area contributed by atoms with Gasteiger partial charge in [-0.05, 0) is 18.1 Å². The molecule has 0 spiro atoms. The Hall–Kier alpha value is -1.26. The van der Waals surface area contributed by atoms with Crippen LogP contribution in [0.5, 0.6) is 0 Å². The lowest BCUT2D eigenvalue weighted by Gasteiger charge is -2.09. The number of hydrogen-bond acceptors (Lipinski definition) is 3. The number of nitrogens with two attached hydrogens (primary N) is 1. The number of aromatic nitrogens is 2. The molecule has 3 nitrogen and oxygen atoms in total. The van der Waals surface area contributed by atoms with Gasteiger partial charge < -0.3 is 10.3 Å². The van der Waals surface area contributed by atoms with Gasteiger partial charge in [0.05, 0.1) is 12.2 Å². The van der Waals surface area contributed by atoms with Gasteiger partial charge in [-0.2, -0.15) is 0 Å². The molecule has 0 saturated carbocycles. The van der Waals surface area contributed by atoms with Gasteiger partial charge in [0.25, 0.3) is 0 Å². The van der Waals surface area contributed by atoms with Crippen LogP contribution in [0.25, 0.3) is 0 Å². The number of imidazole rings is 1. The van der Waals surface area contributed by atoms with Gasteiger partial charge >= 0.3 is 0 Å². The topological polar surface area (TPSA) is 43.8 Å². The maximum Gasteiger partial charge on any atom is 0.123 e. The van der Waals surface area contributed by atoms with Crippen LogP contribution in [0.15, 0.2) is 40.3 Å². The number of nitrogens with zero attached hydrogens (tertiary/aromatic N) is 2. The maximum absolute atomic E-state index is 5.73. The Kier molecular flexibility index (Phi) is 4.09. The highest BCUT2D eigenvalue weighted by Gasteiger charge is 2.17. The van der Waals surface area contributed by atoms with E-state index >= 15 is 0 Å². The minimum Gasteiger partial charge on any atom is -0.333 e. The molecule has 0 fully saturated rings. The first-order valence-corrected chi connectivity index (χ1v) is 6.93. The Labute approximate surface area is 112 Å². The van der Waals surface area contributed by atoms with Gasteiger partial charge in [-0.1, -0.05) is 43.8 Å². The number of hydrogen-bond donors (Lipinski definition) is 1. The van der Waals surface area contributed by atoms with Crippen molar-refractivity contribution >= 4 is 11.8 Å². The second kappa shape index (κ2) is 5.59. The lowest BCUT2D eigenvalue weighted by molar-refractivity contribution is 0.696. The normalized spacial score (nSPS) is 11.2. The molecular weight excluding hydrogens is 242 g/mol. The molecule has 0 saturated heterocycles. The fourth-order valence-corrected chi connectivity index (χ4v) is 3.17. The van der Waals surface area contributed by atoms with E-state index in [2.05, 4.69) is 35.5 Å². The second-order valence-electron chi connectivity index (χ2n) is 4.55. The van der Waals surface area contributed by atoms with E-state index in [1.165, 1.54) is 10.6 Å². The first-order chi connectivity index (χ1) is 8.63. The van der Waals surface area contributed by atoms with Crippen LogP contribution in [-0.2, 0) is 13.6 Å². The molecule has 2 rings (SSSR count). The fraction of sp³-hybridized carbons (Fsp3) is 0.357. The molecule has 2 N–H and O–H groups in total. The third-order valence-electron chi connectivity index (χ3n) is 2.89. The molecule has 1 heterocycles. The quantitative estimate of drug-likeness (QED) is 0.919. The highest BCUT2D eigenvalue weighted by Crippen LogP contribution is 2.33. The minimum absolute atomic E-state index is 0.439. The summed E-state index contributed by atoms with van der Waals surface area (Å²) in [6.45, 7) is 4.85. The molecule has 0 aliphatic heterocycles. The van der Waals surface area contributed by atoms with Gasteiger partial charge in [-0.15, -0.1) is 0 Å². The van der Waals surface area contributed by atoms with Crippen LogP contribution in [0.4, 0.5) is 0 Å². The molecule has 1 aromatic carbocycles. The highest BCUT2D eigenvalue weighted by atomic mass is 32.2. The molecule has 0 atom stereocenters. The van der Waals surface area contributed by atoms with Crippen molar-refractivity contribution < 1.29 is 0 Å². The van der Waals surface area contributed by atoms with Crippen LogP contribution in [0, 0.1) is 0 Å². The Balaban J connectivity index is 2.38. The van der Waals surface area contributed by atoms with Crippen molar-refractivity contribution in [3.8, 4) is 0 Å². The number of benzene rings is 1. The molecule has 0 radical (unpaired) electrons. The van der Waals surface area contributed by atoms with Crippen molar-refractivity contribution in [3.05, 3.63) is 41.9 Å². The second-order valence-corrected chi connectivity index (χ2v) is 5.61. The minimum atomic E-state index is 0.439. The summed E-state index contributed by atoms with van der Waals surface area (Å²) in [5.74, 6) is 1.38. The Bertz CT molecular complexity index is 517. The van der Waals surface area contributed by atoms with Gasteiger partial charge in [0.2, 0.25) is 0 Å². The summed E-state index contributed by atoms with van der Waals surface area (Å²) in [4.78, 5) is 5.86. The van der Waals surface area contributed by atoms with Crippen LogP contribution in [0.2, 0.25) is 0 Å². The summed E-state index contributed by atoms with van der Waals surface area (Å²) in [5.41, 5.74) is 6.99. The third-order valence-corrected chi connectivity index (χ3v) is 3.89. The molecule has 0 aliphatic rings. The predicted molar refractivity (Wildman–Crippen MR) is 75.8 cm³/mol. The Morgan fingerprint density at radius 1 is 1.28 bits per heavy atom. The zero-order valence-electron chi connectivity index (χ0n) is 11.1. The molecule has 0 unspecified atom stereocenters. The van der Waals surface area contributed by atoms with Crippen molar-refractivity contribution in [1.29, 1.82) is 0 Å². The SMILES string of the molecule is CC(C)c1c(Sc2ccccc2)nc(CN)n1C. The molecule has 2 aromatic rings. The molecule has 0 aliphatic carbocycles. The van der Waals surface area contributed by atoms with E-state index in [0.29, 0.717) is 12.5 Å². The van der Waals surface area contributed by atoms with Crippen molar-refractivity contribution in [1.82, 2.24) is 9.55 Å². The zero-order chi connectivity index (χ0) is 13.1. The van der Waals surface area contributed by atoms with Crippen molar-refractivity contribution in [2.45, 2.75) is 36.2 Å². The van der Waals surface area contributed by atoms with E-state index in [1.54, 1.807) is 11.8 Å². The summed E-state index contributed by atoms with van der Waals surface area (Å²) < 4.78 is 2.12. The standard InChI is InChI=1S/C14H19N3S/c1-10(2)13-14(16-12(9-15)17(13)3)18-11-7-5-4-6-8-11/h4-8,10H,9,15H2,1-3H3. The summed E-state index contributed by atoms with van der Waals surface area (Å²) in [7, 11) is 2.04. The van der Waals surface area contributed by atoms with Crippen molar-refractivity contribution in [2.75, 3.05) is 0 Å². The van der Waals surface area contributed by atoms with Crippen molar-refractivity contribution in [2.24, 2.45) is 12.8 Å². The summed E-state index contributed by atoms with van der Waals surface area (Å²) >= 11 is 1.71. The van der Waals surface area contributed by atoms with Gasteiger partial charge in [0.15, 0.2) is 0 Å². The summed E-state index contributed by atoms with van der Waals surface area (Å²) in [5, 5.41) is 1.07. The molecule has 4 heteroatoms. The average molecular weight is 261 g/mol. The average Bonchev–Trinajstić information content (AvgIpc) is 2.66. The monoisotopic (exact) mass is 261 g/mol. The largest absolute Gasteiger partial charge is 0.333 e. The lowest BCUT2D eigenvalue weighted by atomic mass is 10.1. The molecule has 1 aromatic heterocycles. The van der Waals surface area contributed by atoms with Crippen LogP contribution in [0.1, 0.15) is 31.3 Å². The zero-order valence-corrected chi connectivity index (χ0v) is 11.9. The van der Waals surface area contributed by atoms with Crippen LogP contribution in [0.3, 0.4) is 0 Å². The van der Waals surface area contributed by atoms with E-state index in [4.69, 9.17) is 5.73 Å². The van der Waals surface area contributed by atoms with Gasteiger partial charge in [0, 0.05) is 11.9 Å². The van der Waals surface area contributed by atoms with E-state index in [0.717, 1.165) is 10.9 Å². The highest BCUT2D eigenvalue weighted by molar-refractivity contribution is 7.99. The smallest absolute Gasteiger partial charge is 0.123 e. The van der Waals surface area contributed by atoms with Crippen molar-refractivity contribution in [3.63, 3.8) is 0 Å². The molecule has 0 bridgehead atoms. The summed E-state index contributed by atoms with van der Waals surface area (Å²) in [6.07, 6.45) is 0. The molecule has 18 heavy (non-hydrogen) atoms. The third kappa shape index (κ3) is 2.60. The predicted octanol–water partition coefficient (Wildman–Crippen LogP) is 3.15. The fourth-order valence-electron chi connectivity index (χ4n) is 2.02. The van der Waals surface area contributed by atoms with E-state index < -0.39 is 0 Å². The first kappa shape index (κ1) is 13.2. The number of rotatable bonds is 4. The van der Waals surface area contributed by atoms with Crippen LogP contribution in [-0.4, -0.2) is 9.55 Å². The van der Waals surface area contributed by atoms with Gasteiger partial charge in [0.1, 0.15) is 10.9 Å². The maximum atomic E-state index is 5.73. The first-order valence-electron chi connectivity index (χ1n) is 6.12.